The largest absolute Gasteiger partial charge is 0.339 e. The minimum absolute atomic E-state index is 0.00941. The van der Waals surface area contributed by atoms with Crippen molar-refractivity contribution in [3.05, 3.63) is 41.7 Å². The van der Waals surface area contributed by atoms with Crippen molar-refractivity contribution in [1.29, 1.82) is 0 Å². The third kappa shape index (κ3) is 6.33. The molecule has 0 radical (unpaired) electrons. The molecule has 220 valence electrons. The van der Waals surface area contributed by atoms with Gasteiger partial charge in [0.15, 0.2) is 0 Å². The van der Waals surface area contributed by atoms with Gasteiger partial charge in [0.1, 0.15) is 17.6 Å². The molecule has 2 fully saturated rings. The highest BCUT2D eigenvalue weighted by Crippen LogP contribution is 2.42. The summed E-state index contributed by atoms with van der Waals surface area (Å²) in [5.74, 6) is -0.634. The number of nitrogens with one attached hydrogen (secondary N) is 2. The number of nitrogens with zero attached hydrogens (tertiary/aromatic N) is 6. The van der Waals surface area contributed by atoms with Crippen molar-refractivity contribution in [2.24, 2.45) is 24.8 Å². The molecule has 2 amide bonds. The van der Waals surface area contributed by atoms with E-state index in [9.17, 15) is 9.59 Å². The monoisotopic (exact) mass is 564 g/mol. The number of halogens is 1. The van der Waals surface area contributed by atoms with Gasteiger partial charge in [0, 0.05) is 19.8 Å². The normalized spacial score (nSPS) is 17.5. The summed E-state index contributed by atoms with van der Waals surface area (Å²) in [6, 6.07) is 4.07. The lowest BCUT2D eigenvalue weighted by Crippen LogP contribution is -2.53. The van der Waals surface area contributed by atoms with Crippen molar-refractivity contribution in [1.82, 2.24) is 35.1 Å². The van der Waals surface area contributed by atoms with Crippen molar-refractivity contribution < 1.29 is 14.0 Å². The van der Waals surface area contributed by atoms with Crippen molar-refractivity contribution in [2.75, 3.05) is 5.32 Å². The smallest absolute Gasteiger partial charge is 0.270 e. The van der Waals surface area contributed by atoms with Gasteiger partial charge in [-0.3, -0.25) is 14.3 Å². The van der Waals surface area contributed by atoms with Gasteiger partial charge in [0.2, 0.25) is 11.9 Å². The molecule has 0 bridgehead atoms. The number of aryl methyl sites for hydroxylation is 3. The molecule has 3 heterocycles. The number of amides is 2. The average molecular weight is 565 g/mol. The number of hydrogen-bond acceptors (Lipinski definition) is 6. The molecule has 11 heteroatoms. The maximum atomic E-state index is 15.2. The van der Waals surface area contributed by atoms with E-state index in [1.54, 1.807) is 43.0 Å². The van der Waals surface area contributed by atoms with Gasteiger partial charge in [-0.2, -0.15) is 9.49 Å². The second-order valence-corrected chi connectivity index (χ2v) is 11.5. The van der Waals surface area contributed by atoms with E-state index in [-0.39, 0.29) is 29.1 Å². The highest BCUT2D eigenvalue weighted by molar-refractivity contribution is 6.00. The van der Waals surface area contributed by atoms with Crippen LogP contribution in [0.25, 0.3) is 11.3 Å². The van der Waals surface area contributed by atoms with Crippen molar-refractivity contribution >= 4 is 17.6 Å². The van der Waals surface area contributed by atoms with Crippen molar-refractivity contribution in [3.8, 4) is 11.3 Å². The van der Waals surface area contributed by atoms with Crippen LogP contribution in [0.1, 0.15) is 87.3 Å². The fourth-order valence-electron chi connectivity index (χ4n) is 7.01. The van der Waals surface area contributed by atoms with Gasteiger partial charge >= 0.3 is 0 Å². The molecule has 3 aromatic heterocycles. The quantitative estimate of drug-likeness (QED) is 0.351. The number of anilines is 1. The van der Waals surface area contributed by atoms with Gasteiger partial charge in [-0.15, -0.1) is 5.10 Å². The Kier molecular flexibility index (Phi) is 9.09. The van der Waals surface area contributed by atoms with Crippen LogP contribution in [-0.4, -0.2) is 47.6 Å². The number of carbonyl (C=O) groups excluding carboxylic acids is 2. The van der Waals surface area contributed by atoms with Crippen molar-refractivity contribution in [2.45, 2.75) is 90.6 Å². The van der Waals surface area contributed by atoms with E-state index in [1.165, 1.54) is 17.5 Å². The first-order valence-corrected chi connectivity index (χ1v) is 15.0. The van der Waals surface area contributed by atoms with Gasteiger partial charge in [0.25, 0.3) is 5.91 Å². The fraction of sp³-hybridized carbons (Fsp3) is 0.600. The summed E-state index contributed by atoms with van der Waals surface area (Å²) in [5.41, 5.74) is 1.79. The van der Waals surface area contributed by atoms with E-state index in [0.29, 0.717) is 35.5 Å². The lowest BCUT2D eigenvalue weighted by Gasteiger charge is -2.41. The summed E-state index contributed by atoms with van der Waals surface area (Å²) in [6.07, 6.45) is 12.7. The topological polar surface area (TPSA) is 120 Å². The zero-order chi connectivity index (χ0) is 28.9. The molecule has 2 N–H and O–H groups in total. The van der Waals surface area contributed by atoms with E-state index in [1.807, 2.05) is 6.92 Å². The molecule has 3 aromatic rings. The van der Waals surface area contributed by atoms with Crippen LogP contribution in [0, 0.1) is 30.6 Å². The molecular weight excluding hydrogens is 523 g/mol. The van der Waals surface area contributed by atoms with E-state index in [4.69, 9.17) is 0 Å². The lowest BCUT2D eigenvalue weighted by atomic mass is 9.66. The van der Waals surface area contributed by atoms with Crippen LogP contribution >= 0.6 is 0 Å². The molecule has 0 saturated heterocycles. The number of rotatable bonds is 9. The standard InChI is InChI=1S/C30H41FN8O2/c1-4-39-23(17-18-32-39)29(40)35-26(25(20-11-7-5-8-12-20)21-13-9-6-10-14-21)30(41)34-24-16-15-22(28(31)33-24)27-19(2)36-37-38(27)3/h15-18,20-21,25-26H,4-14H2,1-3H3,(H,35,40)(H,33,34,41)/t26-/m1/s1. The molecule has 0 aromatic carbocycles. The third-order valence-corrected chi connectivity index (χ3v) is 8.94. The molecular formula is C30H41FN8O2. The second-order valence-electron chi connectivity index (χ2n) is 11.5. The van der Waals surface area contributed by atoms with Crippen LogP contribution in [0.2, 0.25) is 0 Å². The maximum Gasteiger partial charge on any atom is 0.270 e. The molecule has 10 nitrogen and oxygen atoms in total. The average Bonchev–Trinajstić information content (AvgIpc) is 3.60. The second kappa shape index (κ2) is 12.9. The van der Waals surface area contributed by atoms with Crippen LogP contribution < -0.4 is 10.6 Å². The van der Waals surface area contributed by atoms with E-state index in [0.717, 1.165) is 51.4 Å². The molecule has 0 spiro atoms. The van der Waals surface area contributed by atoms with Crippen LogP contribution in [0.5, 0.6) is 0 Å². The first-order chi connectivity index (χ1) is 19.9. The predicted octanol–water partition coefficient (Wildman–Crippen LogP) is 5.05. The molecule has 5 rings (SSSR count). The number of pyridine rings is 1. The first kappa shape index (κ1) is 28.9. The predicted molar refractivity (Wildman–Crippen MR) is 153 cm³/mol. The van der Waals surface area contributed by atoms with Gasteiger partial charge in [0.05, 0.1) is 17.0 Å². The molecule has 0 unspecified atom stereocenters. The van der Waals surface area contributed by atoms with E-state index < -0.39 is 12.0 Å². The Morgan fingerprint density at radius 1 is 1.02 bits per heavy atom. The molecule has 2 aliphatic carbocycles. The van der Waals surface area contributed by atoms with Gasteiger partial charge in [-0.25, -0.2) is 9.67 Å². The van der Waals surface area contributed by atoms with E-state index >= 15 is 4.39 Å². The summed E-state index contributed by atoms with van der Waals surface area (Å²) in [6.45, 7) is 4.22. The minimum Gasteiger partial charge on any atom is -0.339 e. The van der Waals surface area contributed by atoms with Gasteiger partial charge in [-0.05, 0) is 49.8 Å². The third-order valence-electron chi connectivity index (χ3n) is 8.94. The van der Waals surface area contributed by atoms with Gasteiger partial charge < -0.3 is 10.6 Å². The summed E-state index contributed by atoms with van der Waals surface area (Å²) in [7, 11) is 1.69. The minimum atomic E-state index is -0.776. The Labute approximate surface area is 240 Å². The number of hydrogen-bond donors (Lipinski definition) is 2. The number of aromatic nitrogens is 6. The molecule has 2 aliphatic rings. The Hall–Kier alpha value is -3.63. The SMILES string of the molecule is CCn1nccc1C(=O)N[C@@H](C(=O)Nc1ccc(-c2c(C)nnn2C)c(F)n1)C(C1CCCCC1)C1CCCCC1. The van der Waals surface area contributed by atoms with Crippen LogP contribution in [0.4, 0.5) is 10.2 Å². The Bertz CT molecular complexity index is 1320. The Balaban J connectivity index is 1.46. The maximum absolute atomic E-state index is 15.2. The zero-order valence-corrected chi connectivity index (χ0v) is 24.3. The molecule has 2 saturated carbocycles. The highest BCUT2D eigenvalue weighted by Gasteiger charge is 2.41. The Morgan fingerprint density at radius 3 is 2.24 bits per heavy atom. The molecule has 41 heavy (non-hydrogen) atoms. The summed E-state index contributed by atoms with van der Waals surface area (Å²) < 4.78 is 18.4. The lowest BCUT2D eigenvalue weighted by molar-refractivity contribution is -0.121. The molecule has 1 atom stereocenters. The van der Waals surface area contributed by atoms with Crippen LogP contribution in [0.15, 0.2) is 24.4 Å². The summed E-state index contributed by atoms with van der Waals surface area (Å²) >= 11 is 0. The van der Waals surface area contributed by atoms with Gasteiger partial charge in [-0.1, -0.05) is 69.4 Å². The Morgan fingerprint density at radius 2 is 1.68 bits per heavy atom. The first-order valence-electron chi connectivity index (χ1n) is 15.0. The van der Waals surface area contributed by atoms with Crippen LogP contribution in [0.3, 0.4) is 0 Å². The van der Waals surface area contributed by atoms with Crippen molar-refractivity contribution in [3.63, 3.8) is 0 Å². The number of carbonyl (C=O) groups is 2. The van der Waals surface area contributed by atoms with E-state index in [2.05, 4.69) is 31.0 Å². The summed E-state index contributed by atoms with van der Waals surface area (Å²) in [5, 5.41) is 18.2. The zero-order valence-electron chi connectivity index (χ0n) is 24.3. The highest BCUT2D eigenvalue weighted by atomic mass is 19.1. The van der Waals surface area contributed by atoms with Crippen LogP contribution in [-0.2, 0) is 18.4 Å². The fourth-order valence-corrected chi connectivity index (χ4v) is 7.01. The summed E-state index contributed by atoms with van der Waals surface area (Å²) in [4.78, 5) is 31.8. The molecule has 0 aliphatic heterocycles.